The summed E-state index contributed by atoms with van der Waals surface area (Å²) in [6, 6.07) is 2.07. The van der Waals surface area contributed by atoms with Gasteiger partial charge in [-0.3, -0.25) is 14.6 Å². The van der Waals surface area contributed by atoms with Crippen molar-refractivity contribution in [3.05, 3.63) is 35.4 Å². The van der Waals surface area contributed by atoms with Crippen molar-refractivity contribution in [1.82, 2.24) is 4.98 Å². The molecule has 9 nitrogen and oxygen atoms in total. The Labute approximate surface area is 259 Å². The van der Waals surface area contributed by atoms with Gasteiger partial charge in [0.05, 0.1) is 12.9 Å². The summed E-state index contributed by atoms with van der Waals surface area (Å²) in [5.74, 6) is 1.72. The Hall–Kier alpha value is -0.800. The first-order chi connectivity index (χ1) is 18.4. The monoisotopic (exact) mass is 799 g/mol. The van der Waals surface area contributed by atoms with Crippen LogP contribution in [0.15, 0.2) is 17.4 Å². The van der Waals surface area contributed by atoms with Gasteiger partial charge in [-0.1, -0.05) is 12.1 Å². The number of phosphoric acid groups is 1. The van der Waals surface area contributed by atoms with Crippen molar-refractivity contribution in [3.8, 4) is 5.75 Å². The molecule has 5 unspecified atom stereocenters. The largest absolute Gasteiger partial charge is 0.524 e. The first-order valence-electron chi connectivity index (χ1n) is 13.0. The Bertz CT molecular complexity index is 1360. The molecule has 39 heavy (non-hydrogen) atoms. The van der Waals surface area contributed by atoms with Crippen LogP contribution in [0.2, 0.25) is 0 Å². The highest BCUT2D eigenvalue weighted by atomic mass is 127. The van der Waals surface area contributed by atoms with Crippen molar-refractivity contribution < 1.29 is 28.5 Å². The maximum Gasteiger partial charge on any atom is 0.524 e. The molecular weight excluding hydrogens is 767 g/mol. The van der Waals surface area contributed by atoms with Crippen molar-refractivity contribution in [2.24, 2.45) is 28.3 Å². The number of aromatic nitrogens is 1. The number of anilines is 1. The minimum absolute atomic E-state index is 0.00812. The van der Waals surface area contributed by atoms with Crippen molar-refractivity contribution in [3.63, 3.8) is 0 Å². The molecule has 5 rings (SSSR count). The van der Waals surface area contributed by atoms with E-state index >= 15 is 0 Å². The van der Waals surface area contributed by atoms with E-state index in [0.717, 1.165) is 58.2 Å². The molecule has 0 saturated heterocycles. The normalized spacial score (nSPS) is 28.9. The van der Waals surface area contributed by atoms with E-state index in [4.69, 9.17) is 9.36 Å². The van der Waals surface area contributed by atoms with Gasteiger partial charge in [-0.15, -0.1) is 11.3 Å². The second kappa shape index (κ2) is 11.5. The van der Waals surface area contributed by atoms with E-state index in [-0.39, 0.29) is 17.1 Å². The fraction of sp³-hybridized carbons (Fsp3) is 0.577. The van der Waals surface area contributed by atoms with E-state index in [1.807, 2.05) is 6.92 Å². The van der Waals surface area contributed by atoms with E-state index in [2.05, 4.69) is 73.6 Å². The maximum absolute atomic E-state index is 12.8. The lowest BCUT2D eigenvalue weighted by Gasteiger charge is -2.50. The molecular formula is C26H32I2N3O6PS. The molecule has 0 radical (unpaired) electrons. The summed E-state index contributed by atoms with van der Waals surface area (Å²) in [5, 5.41) is 8.09. The first-order valence-corrected chi connectivity index (χ1v) is 17.5. The first kappa shape index (κ1) is 29.7. The molecule has 0 aliphatic heterocycles. The molecule has 13 heteroatoms. The van der Waals surface area contributed by atoms with E-state index in [9.17, 15) is 19.1 Å². The Morgan fingerprint density at radius 2 is 2.13 bits per heavy atom. The summed E-state index contributed by atoms with van der Waals surface area (Å²) >= 11 is 5.78. The molecule has 3 aliphatic carbocycles. The number of carbonyl (C=O) groups excluding carboxylic acids is 1. The highest BCUT2D eigenvalue weighted by Gasteiger charge is 2.58. The molecule has 3 aliphatic rings. The summed E-state index contributed by atoms with van der Waals surface area (Å²) in [4.78, 5) is 42.3. The number of amides is 1. The van der Waals surface area contributed by atoms with Crippen LogP contribution in [0.4, 0.5) is 5.13 Å². The molecule has 1 aromatic carbocycles. The molecule has 5 atom stereocenters. The van der Waals surface area contributed by atoms with Gasteiger partial charge in [0.15, 0.2) is 10.9 Å². The number of halogens is 2. The zero-order chi connectivity index (χ0) is 28.1. The molecule has 2 fully saturated rings. The van der Waals surface area contributed by atoms with E-state index < -0.39 is 7.82 Å². The smallest absolute Gasteiger partial charge is 0.402 e. The Balaban J connectivity index is 1.41. The van der Waals surface area contributed by atoms with Gasteiger partial charge in [-0.05, 0) is 131 Å². The van der Waals surface area contributed by atoms with Crippen molar-refractivity contribution in [1.29, 1.82) is 0 Å². The van der Waals surface area contributed by atoms with Gasteiger partial charge in [0.2, 0.25) is 5.91 Å². The van der Waals surface area contributed by atoms with E-state index in [1.54, 1.807) is 13.3 Å². The number of hydrogen-bond donors (Lipinski definition) is 3. The number of phosphoric ester groups is 1. The zero-order valence-electron chi connectivity index (χ0n) is 21.9. The number of benzene rings is 1. The number of nitrogens with one attached hydrogen (secondary N) is 1. The van der Waals surface area contributed by atoms with Gasteiger partial charge in [0, 0.05) is 22.9 Å². The number of thiazole rings is 1. The molecule has 0 bridgehead atoms. The number of aryl methyl sites for hydroxylation is 1. The average Bonchev–Trinajstić information content (AvgIpc) is 3.39. The summed E-state index contributed by atoms with van der Waals surface area (Å²) in [7, 11) is -3.06. The third-order valence-corrected chi connectivity index (χ3v) is 12.0. The average molecular weight is 799 g/mol. The van der Waals surface area contributed by atoms with E-state index in [1.165, 1.54) is 16.9 Å². The Morgan fingerprint density at radius 1 is 1.36 bits per heavy atom. The van der Waals surface area contributed by atoms with Crippen LogP contribution >= 0.6 is 64.3 Å². The highest BCUT2D eigenvalue weighted by Crippen LogP contribution is 2.63. The van der Waals surface area contributed by atoms with Crippen LogP contribution in [0.3, 0.4) is 0 Å². The van der Waals surface area contributed by atoms with Gasteiger partial charge in [-0.25, -0.2) is 9.55 Å². The maximum atomic E-state index is 12.8. The third-order valence-electron chi connectivity index (χ3n) is 8.77. The SMILES string of the molecule is CON=C1CC(CCC(=O)Nc2ncc(C)s2)C2C3CCc4c(cc(I)c(OP(=O)(O)O)c4I)C3CCC12C. The molecule has 1 heterocycles. The lowest BCUT2D eigenvalue weighted by molar-refractivity contribution is -0.116. The summed E-state index contributed by atoms with van der Waals surface area (Å²) in [6.45, 7) is 4.29. The predicted molar refractivity (Wildman–Crippen MR) is 167 cm³/mol. The molecule has 2 aromatic rings. The van der Waals surface area contributed by atoms with Crippen molar-refractivity contribution >= 4 is 81.1 Å². The molecule has 1 amide bonds. The van der Waals surface area contributed by atoms with E-state index in [0.29, 0.717) is 38.8 Å². The fourth-order valence-corrected chi connectivity index (χ4v) is 11.0. The zero-order valence-corrected chi connectivity index (χ0v) is 28.0. The molecule has 2 saturated carbocycles. The van der Waals surface area contributed by atoms with Gasteiger partial charge in [0.25, 0.3) is 0 Å². The van der Waals surface area contributed by atoms with Crippen LogP contribution in [0.1, 0.15) is 67.4 Å². The van der Waals surface area contributed by atoms with Crippen LogP contribution in [-0.4, -0.2) is 33.5 Å². The number of hydrogen-bond acceptors (Lipinski definition) is 7. The molecule has 3 N–H and O–H groups in total. The minimum atomic E-state index is -4.66. The second-order valence-electron chi connectivity index (χ2n) is 11.0. The Kier molecular flexibility index (Phi) is 8.73. The number of nitrogens with zero attached hydrogens (tertiary/aromatic N) is 2. The predicted octanol–water partition coefficient (Wildman–Crippen LogP) is 6.64. The van der Waals surface area contributed by atoms with Crippen molar-refractivity contribution in [2.45, 2.75) is 64.7 Å². The van der Waals surface area contributed by atoms with Crippen molar-refractivity contribution in [2.75, 3.05) is 12.4 Å². The fourth-order valence-electron chi connectivity index (χ4n) is 7.34. The van der Waals surface area contributed by atoms with Gasteiger partial charge >= 0.3 is 7.82 Å². The third kappa shape index (κ3) is 5.93. The molecule has 1 aromatic heterocycles. The van der Waals surface area contributed by atoms with Gasteiger partial charge < -0.3 is 14.7 Å². The van der Waals surface area contributed by atoms with Crippen LogP contribution in [-0.2, 0) is 20.6 Å². The number of carbonyl (C=O) groups is 1. The van der Waals surface area contributed by atoms with Crippen LogP contribution < -0.4 is 9.84 Å². The summed E-state index contributed by atoms with van der Waals surface area (Å²) in [5.41, 5.74) is 3.44. The number of oxime groups is 1. The number of rotatable bonds is 7. The Morgan fingerprint density at radius 3 is 2.79 bits per heavy atom. The minimum Gasteiger partial charge on any atom is -0.402 e. The van der Waals surface area contributed by atoms with Gasteiger partial charge in [-0.2, -0.15) is 0 Å². The standard InChI is InChI=1S/C26H32I2N3O6PS/c1-13-12-29-25(39-13)30-21(32)7-4-14-10-20(31-36-3)26(2)9-8-15-16(22(14)26)5-6-17-18(15)11-19(27)24(23(17)28)37-38(33,34)35/h11-12,14-16,22H,4-10H2,1-3H3,(H,29,30,32)(H2,33,34,35). The van der Waals surface area contributed by atoms with Crippen LogP contribution in [0.5, 0.6) is 5.75 Å². The van der Waals surface area contributed by atoms with Crippen LogP contribution in [0, 0.1) is 37.2 Å². The van der Waals surface area contributed by atoms with Crippen LogP contribution in [0.25, 0.3) is 0 Å². The number of fused-ring (bicyclic) bond motifs is 5. The molecule has 0 spiro atoms. The highest BCUT2D eigenvalue weighted by molar-refractivity contribution is 14.1. The summed E-state index contributed by atoms with van der Waals surface area (Å²) < 4.78 is 18.2. The van der Waals surface area contributed by atoms with Gasteiger partial charge in [0.1, 0.15) is 7.11 Å². The second-order valence-corrected chi connectivity index (χ2v) is 15.6. The summed E-state index contributed by atoms with van der Waals surface area (Å²) in [6.07, 6.45) is 7.60. The lowest BCUT2D eigenvalue weighted by atomic mass is 9.54. The topological polar surface area (TPSA) is 130 Å². The molecule has 212 valence electrons. The quantitative estimate of drug-likeness (QED) is 0.163. The lowest BCUT2D eigenvalue weighted by Crippen LogP contribution is -2.44.